The third-order valence-corrected chi connectivity index (χ3v) is 7.64. The van der Waals surface area contributed by atoms with Crippen LogP contribution in [0, 0.1) is 17.4 Å². The summed E-state index contributed by atoms with van der Waals surface area (Å²) in [6.07, 6.45) is 9.35. The van der Waals surface area contributed by atoms with E-state index in [-0.39, 0.29) is 51.0 Å². The second kappa shape index (κ2) is 13.2. The van der Waals surface area contributed by atoms with E-state index in [2.05, 4.69) is 146 Å². The molecular formula is C38H27Cl2Zr. The van der Waals surface area contributed by atoms with Crippen LogP contribution >= 0.6 is 0 Å². The summed E-state index contributed by atoms with van der Waals surface area (Å²) in [6.45, 7) is 2.17. The number of fused-ring (bicyclic) bond motifs is 2. The third-order valence-electron chi connectivity index (χ3n) is 7.64. The SMILES string of the molecule is Cc1cccc(C2=C(c3c4c(ccc3=C(c3ccccc3)c3ccccc3)=c3ccccc3=[C-]4)CC=C2)c1.[Cl-].[Cl-].[Zr+3]. The van der Waals surface area contributed by atoms with Crippen molar-refractivity contribution >= 4 is 22.8 Å². The second-order valence-corrected chi connectivity index (χ2v) is 10.1. The van der Waals surface area contributed by atoms with Gasteiger partial charge in [0, 0.05) is 0 Å². The first-order valence-corrected chi connectivity index (χ1v) is 13.3. The molecule has 3 heteroatoms. The first-order chi connectivity index (χ1) is 18.8. The molecule has 2 aliphatic carbocycles. The molecule has 5 aromatic rings. The van der Waals surface area contributed by atoms with Gasteiger partial charge in [0.2, 0.25) is 0 Å². The minimum absolute atomic E-state index is 0. The summed E-state index contributed by atoms with van der Waals surface area (Å²) in [5.74, 6) is 0. The van der Waals surface area contributed by atoms with Crippen molar-refractivity contribution in [2.45, 2.75) is 13.3 Å². The third kappa shape index (κ3) is 5.65. The van der Waals surface area contributed by atoms with Crippen LogP contribution in [0.1, 0.15) is 39.8 Å². The summed E-state index contributed by atoms with van der Waals surface area (Å²) >= 11 is 0. The van der Waals surface area contributed by atoms with Crippen LogP contribution in [0.2, 0.25) is 0 Å². The molecule has 0 heterocycles. The number of hydrogen-bond donors (Lipinski definition) is 0. The van der Waals surface area contributed by atoms with Gasteiger partial charge >= 0.3 is 26.2 Å². The smallest absolute Gasteiger partial charge is 1.00 e. The summed E-state index contributed by atoms with van der Waals surface area (Å²) < 4.78 is 0. The van der Waals surface area contributed by atoms with Crippen LogP contribution in [0.25, 0.3) is 22.8 Å². The monoisotopic (exact) mass is 643 g/mol. The van der Waals surface area contributed by atoms with E-state index in [0.717, 1.165) is 6.42 Å². The molecule has 0 aromatic heterocycles. The molecule has 0 saturated heterocycles. The summed E-state index contributed by atoms with van der Waals surface area (Å²) in [7, 11) is 0. The summed E-state index contributed by atoms with van der Waals surface area (Å²) in [4.78, 5) is 0. The molecule has 0 saturated carbocycles. The zero-order chi connectivity index (χ0) is 25.5. The van der Waals surface area contributed by atoms with Crippen molar-refractivity contribution in [3.63, 3.8) is 0 Å². The maximum absolute atomic E-state index is 3.83. The summed E-state index contributed by atoms with van der Waals surface area (Å²) in [5.41, 5.74) is 11.4. The molecular weight excluding hydrogens is 619 g/mol. The molecule has 0 nitrogen and oxygen atoms in total. The van der Waals surface area contributed by atoms with Gasteiger partial charge in [0.25, 0.3) is 0 Å². The van der Waals surface area contributed by atoms with Gasteiger partial charge in [-0.25, -0.2) is 0 Å². The molecule has 0 aliphatic heterocycles. The summed E-state index contributed by atoms with van der Waals surface area (Å²) in [5, 5.41) is 4.96. The van der Waals surface area contributed by atoms with E-state index in [1.165, 1.54) is 71.0 Å². The Kier molecular flexibility index (Phi) is 9.88. The van der Waals surface area contributed by atoms with E-state index in [1.807, 2.05) is 0 Å². The Morgan fingerprint density at radius 1 is 0.659 bits per heavy atom. The maximum Gasteiger partial charge on any atom is 3.00 e. The van der Waals surface area contributed by atoms with Crippen LogP contribution in [-0.4, -0.2) is 0 Å². The van der Waals surface area contributed by atoms with Gasteiger partial charge in [-0.3, -0.25) is 0 Å². The van der Waals surface area contributed by atoms with E-state index in [4.69, 9.17) is 0 Å². The Hall–Kier alpha value is -3.22. The Labute approximate surface area is 273 Å². The fraction of sp³-hybridized carbons (Fsp3) is 0.0526. The van der Waals surface area contributed by atoms with Crippen molar-refractivity contribution < 1.29 is 51.0 Å². The van der Waals surface area contributed by atoms with Crippen LogP contribution in [0.4, 0.5) is 0 Å². The zero-order valence-electron chi connectivity index (χ0n) is 22.7. The first-order valence-electron chi connectivity index (χ1n) is 13.3. The topological polar surface area (TPSA) is 0 Å². The van der Waals surface area contributed by atoms with Crippen molar-refractivity contribution in [1.82, 2.24) is 0 Å². The molecule has 0 bridgehead atoms. The van der Waals surface area contributed by atoms with Crippen LogP contribution in [0.5, 0.6) is 0 Å². The molecule has 0 N–H and O–H groups in total. The molecule has 1 radical (unpaired) electrons. The number of rotatable bonds is 4. The van der Waals surface area contributed by atoms with Gasteiger partial charge in [0.05, 0.1) is 0 Å². The van der Waals surface area contributed by atoms with Crippen LogP contribution in [-0.2, 0) is 26.2 Å². The van der Waals surface area contributed by atoms with Crippen LogP contribution in [0.3, 0.4) is 0 Å². The second-order valence-electron chi connectivity index (χ2n) is 10.1. The van der Waals surface area contributed by atoms with Crippen molar-refractivity contribution in [2.24, 2.45) is 0 Å². The number of allylic oxidation sites excluding steroid dienone is 4. The molecule has 41 heavy (non-hydrogen) atoms. The normalized spacial score (nSPS) is 12.3. The molecule has 7 rings (SSSR count). The van der Waals surface area contributed by atoms with Gasteiger partial charge in [0.15, 0.2) is 0 Å². The van der Waals surface area contributed by atoms with Crippen molar-refractivity contribution in [3.8, 4) is 0 Å². The quantitative estimate of drug-likeness (QED) is 0.255. The molecule has 0 unspecified atom stereocenters. The van der Waals surface area contributed by atoms with E-state index < -0.39 is 0 Å². The van der Waals surface area contributed by atoms with Crippen molar-refractivity contribution in [2.75, 3.05) is 0 Å². The van der Waals surface area contributed by atoms with Gasteiger partial charge in [-0.1, -0.05) is 144 Å². The van der Waals surface area contributed by atoms with Crippen LogP contribution in [0.15, 0.2) is 133 Å². The fourth-order valence-corrected chi connectivity index (χ4v) is 5.95. The summed E-state index contributed by atoms with van der Waals surface area (Å²) in [6, 6.07) is 43.8. The van der Waals surface area contributed by atoms with Gasteiger partial charge in [-0.2, -0.15) is 0 Å². The number of hydrogen-bond acceptors (Lipinski definition) is 0. The number of halogens is 2. The molecule has 0 amide bonds. The Bertz CT molecular complexity index is 1950. The molecule has 5 aromatic carbocycles. The largest absolute Gasteiger partial charge is 3.00 e. The fourth-order valence-electron chi connectivity index (χ4n) is 5.95. The average molecular weight is 646 g/mol. The molecule has 197 valence electrons. The van der Waals surface area contributed by atoms with E-state index >= 15 is 0 Å². The van der Waals surface area contributed by atoms with Crippen LogP contribution < -0.4 is 35.3 Å². The van der Waals surface area contributed by atoms with Gasteiger partial charge in [-0.15, -0.1) is 33.4 Å². The van der Waals surface area contributed by atoms with E-state index in [1.54, 1.807) is 0 Å². The minimum Gasteiger partial charge on any atom is -1.00 e. The standard InChI is InChI=1S/C38H27.2ClH.Zr/c1-26-12-10-18-29(24-26)32-20-11-21-34(32)38-35(23-22-33-31-19-9-8-17-30(31)25-36(33)38)37(27-13-4-2-5-14-27)28-15-6-3-7-16-28;;;/h2-20,22-24H,21H2,1H3;2*1H;/q-1;;;+3/p-2. The van der Waals surface area contributed by atoms with E-state index in [9.17, 15) is 0 Å². The van der Waals surface area contributed by atoms with Gasteiger partial charge < -0.3 is 24.8 Å². The van der Waals surface area contributed by atoms with Crippen molar-refractivity contribution in [1.29, 1.82) is 0 Å². The number of benzene rings is 5. The Morgan fingerprint density at radius 2 is 1.32 bits per heavy atom. The molecule has 2 aliphatic rings. The van der Waals surface area contributed by atoms with Gasteiger partial charge in [0.1, 0.15) is 0 Å². The first kappa shape index (κ1) is 30.7. The molecule has 0 spiro atoms. The van der Waals surface area contributed by atoms with Crippen molar-refractivity contribution in [3.05, 3.63) is 188 Å². The average Bonchev–Trinajstić information content (AvgIpc) is 3.59. The predicted octanol–water partition coefficient (Wildman–Crippen LogP) is 1.42. The van der Waals surface area contributed by atoms with Gasteiger partial charge in [-0.05, 0) is 46.4 Å². The Morgan fingerprint density at radius 3 is 2.00 bits per heavy atom. The predicted molar refractivity (Wildman–Crippen MR) is 159 cm³/mol. The molecule has 0 fully saturated rings. The Balaban J connectivity index is 0.00000129. The number of aryl methyl sites for hydroxylation is 1. The zero-order valence-corrected chi connectivity index (χ0v) is 26.6. The maximum atomic E-state index is 3.83. The molecule has 0 atom stereocenters. The van der Waals surface area contributed by atoms with E-state index in [0.29, 0.717) is 0 Å². The minimum atomic E-state index is 0.